The van der Waals surface area contributed by atoms with Gasteiger partial charge in [0.25, 0.3) is 10.1 Å². The maximum Gasteiger partial charge on any atom is 0.285 e. The van der Waals surface area contributed by atoms with Crippen LogP contribution in [0.1, 0.15) is 13.3 Å². The van der Waals surface area contributed by atoms with Gasteiger partial charge in [0.15, 0.2) is 5.37 Å². The van der Waals surface area contributed by atoms with Crippen molar-refractivity contribution < 1.29 is 17.3 Å². The fourth-order valence-electron chi connectivity index (χ4n) is 1.01. The molecule has 1 heterocycles. The van der Waals surface area contributed by atoms with Crippen molar-refractivity contribution in [3.05, 3.63) is 0 Å². The van der Waals surface area contributed by atoms with Gasteiger partial charge in [0, 0.05) is 6.54 Å². The van der Waals surface area contributed by atoms with Crippen molar-refractivity contribution in [2.45, 2.75) is 18.7 Å². The molecule has 0 aliphatic carbocycles. The summed E-state index contributed by atoms with van der Waals surface area (Å²) in [6, 6.07) is 0. The topological polar surface area (TPSA) is 64.6 Å². The quantitative estimate of drug-likeness (QED) is 0.643. The third kappa shape index (κ3) is 3.22. The largest absolute Gasteiger partial charge is 0.377 e. The molecule has 1 N–H and O–H groups in total. The molecule has 13 heavy (non-hydrogen) atoms. The predicted octanol–water partition coefficient (Wildman–Crippen LogP) is -0.311. The van der Waals surface area contributed by atoms with E-state index < -0.39 is 15.5 Å². The van der Waals surface area contributed by atoms with Gasteiger partial charge in [0.1, 0.15) is 0 Å². The molecule has 0 saturated carbocycles. The molecule has 0 aromatic carbocycles. The highest BCUT2D eigenvalue weighted by atomic mass is 32.2. The molecule has 1 unspecified atom stereocenters. The van der Waals surface area contributed by atoms with E-state index in [0.29, 0.717) is 19.6 Å². The molecule has 78 valence electrons. The van der Waals surface area contributed by atoms with Crippen LogP contribution in [0.25, 0.3) is 0 Å². The number of hydrogen-bond donors (Lipinski definition) is 1. The fourth-order valence-corrected chi connectivity index (χ4v) is 2.16. The van der Waals surface area contributed by atoms with E-state index in [9.17, 15) is 8.42 Å². The minimum absolute atomic E-state index is 0.173. The second kappa shape index (κ2) is 4.90. The molecule has 0 aromatic heterocycles. The summed E-state index contributed by atoms with van der Waals surface area (Å²) in [5, 5.41) is 2.13. The van der Waals surface area contributed by atoms with Gasteiger partial charge in [-0.2, -0.15) is 8.42 Å². The molecule has 1 atom stereocenters. The number of hydrogen-bond acceptors (Lipinski definition) is 5. The summed E-state index contributed by atoms with van der Waals surface area (Å²) < 4.78 is 32.5. The second-order valence-corrected chi connectivity index (χ2v) is 4.62. The van der Waals surface area contributed by atoms with Crippen LogP contribution in [-0.2, 0) is 19.0 Å². The van der Waals surface area contributed by atoms with Crippen LogP contribution >= 0.6 is 0 Å². The molecule has 6 heteroatoms. The summed E-state index contributed by atoms with van der Waals surface area (Å²) in [5.74, 6) is 0. The SMILES string of the molecule is CCCOS(=O)(=O)C1COCCN1. The molecule has 1 aliphatic heterocycles. The van der Waals surface area contributed by atoms with E-state index in [1.807, 2.05) is 6.92 Å². The highest BCUT2D eigenvalue weighted by Gasteiger charge is 2.28. The lowest BCUT2D eigenvalue weighted by Crippen LogP contribution is -2.47. The summed E-state index contributed by atoms with van der Waals surface area (Å²) in [6.07, 6.45) is 0.687. The normalized spacial score (nSPS) is 24.5. The highest BCUT2D eigenvalue weighted by Crippen LogP contribution is 2.05. The Bertz CT molecular complexity index is 233. The van der Waals surface area contributed by atoms with E-state index in [1.165, 1.54) is 0 Å². The van der Waals surface area contributed by atoms with Crippen molar-refractivity contribution in [1.29, 1.82) is 0 Å². The molecule has 0 spiro atoms. The Kier molecular flexibility index (Phi) is 4.11. The molecule has 1 fully saturated rings. The first-order valence-electron chi connectivity index (χ1n) is 4.36. The van der Waals surface area contributed by atoms with Gasteiger partial charge in [-0.3, -0.25) is 9.50 Å². The predicted molar refractivity (Wildman–Crippen MR) is 47.8 cm³/mol. The summed E-state index contributed by atoms with van der Waals surface area (Å²) in [4.78, 5) is 0. The maximum atomic E-state index is 11.4. The van der Waals surface area contributed by atoms with Gasteiger partial charge in [-0.15, -0.1) is 0 Å². The summed E-state index contributed by atoms with van der Waals surface area (Å²) in [5.41, 5.74) is 0. The average Bonchev–Trinajstić information content (AvgIpc) is 2.16. The first kappa shape index (κ1) is 10.9. The van der Waals surface area contributed by atoms with Crippen LogP contribution < -0.4 is 5.32 Å². The van der Waals surface area contributed by atoms with Gasteiger partial charge in [-0.1, -0.05) is 6.92 Å². The number of nitrogens with one attached hydrogen (secondary N) is 1. The Balaban J connectivity index is 2.47. The van der Waals surface area contributed by atoms with Crippen molar-refractivity contribution in [1.82, 2.24) is 5.32 Å². The molecular formula is C7H15NO4S. The van der Waals surface area contributed by atoms with Crippen LogP contribution in [-0.4, -0.2) is 40.2 Å². The molecule has 1 rings (SSSR count). The third-order valence-electron chi connectivity index (χ3n) is 1.69. The van der Waals surface area contributed by atoms with Gasteiger partial charge in [-0.05, 0) is 6.42 Å². The first-order valence-corrected chi connectivity index (χ1v) is 5.83. The van der Waals surface area contributed by atoms with Crippen LogP contribution in [0.2, 0.25) is 0 Å². The number of rotatable bonds is 4. The zero-order chi connectivity index (χ0) is 9.73. The Hall–Kier alpha value is -0.170. The van der Waals surface area contributed by atoms with Gasteiger partial charge >= 0.3 is 0 Å². The minimum atomic E-state index is -3.48. The summed E-state index contributed by atoms with van der Waals surface area (Å²) in [7, 11) is -3.48. The molecule has 1 saturated heterocycles. The Morgan fingerprint density at radius 2 is 2.38 bits per heavy atom. The van der Waals surface area contributed by atoms with Crippen LogP contribution in [0.4, 0.5) is 0 Å². The van der Waals surface area contributed by atoms with E-state index in [-0.39, 0.29) is 13.2 Å². The Labute approximate surface area is 78.5 Å². The highest BCUT2D eigenvalue weighted by molar-refractivity contribution is 7.87. The van der Waals surface area contributed by atoms with Crippen LogP contribution in [0.3, 0.4) is 0 Å². The van der Waals surface area contributed by atoms with E-state index in [0.717, 1.165) is 0 Å². The zero-order valence-electron chi connectivity index (χ0n) is 7.65. The van der Waals surface area contributed by atoms with Gasteiger partial charge in [-0.25, -0.2) is 0 Å². The number of ether oxygens (including phenoxy) is 1. The molecule has 0 amide bonds. The lowest BCUT2D eigenvalue weighted by atomic mass is 10.5. The average molecular weight is 209 g/mol. The zero-order valence-corrected chi connectivity index (χ0v) is 8.47. The third-order valence-corrected chi connectivity index (χ3v) is 3.18. The standard InChI is InChI=1S/C7H15NO4S/c1-2-4-12-13(9,10)7-6-11-5-3-8-7/h7-8H,2-6H2,1H3. The van der Waals surface area contributed by atoms with Crippen molar-refractivity contribution in [2.24, 2.45) is 0 Å². The molecule has 0 aromatic rings. The smallest absolute Gasteiger partial charge is 0.285 e. The summed E-state index contributed by atoms with van der Waals surface area (Å²) in [6.45, 7) is 3.38. The lowest BCUT2D eigenvalue weighted by Gasteiger charge is -2.22. The van der Waals surface area contributed by atoms with E-state index in [2.05, 4.69) is 5.32 Å². The van der Waals surface area contributed by atoms with Gasteiger partial charge < -0.3 is 4.74 Å². The maximum absolute atomic E-state index is 11.4. The second-order valence-electron chi connectivity index (χ2n) is 2.83. The Morgan fingerprint density at radius 3 is 2.92 bits per heavy atom. The molecule has 0 radical (unpaired) electrons. The van der Waals surface area contributed by atoms with Gasteiger partial charge in [0.05, 0.1) is 19.8 Å². The van der Waals surface area contributed by atoms with Crippen molar-refractivity contribution in [3.63, 3.8) is 0 Å². The minimum Gasteiger partial charge on any atom is -0.377 e. The van der Waals surface area contributed by atoms with E-state index in [1.54, 1.807) is 0 Å². The monoisotopic (exact) mass is 209 g/mol. The fraction of sp³-hybridized carbons (Fsp3) is 1.00. The van der Waals surface area contributed by atoms with Gasteiger partial charge in [0.2, 0.25) is 0 Å². The van der Waals surface area contributed by atoms with Crippen LogP contribution in [0, 0.1) is 0 Å². The van der Waals surface area contributed by atoms with Crippen molar-refractivity contribution in [2.75, 3.05) is 26.4 Å². The summed E-state index contributed by atoms with van der Waals surface area (Å²) >= 11 is 0. The van der Waals surface area contributed by atoms with E-state index >= 15 is 0 Å². The van der Waals surface area contributed by atoms with Crippen molar-refractivity contribution in [3.8, 4) is 0 Å². The molecule has 1 aliphatic rings. The van der Waals surface area contributed by atoms with E-state index in [4.69, 9.17) is 8.92 Å². The lowest BCUT2D eigenvalue weighted by molar-refractivity contribution is 0.0936. The van der Waals surface area contributed by atoms with Crippen molar-refractivity contribution >= 4 is 10.1 Å². The number of morpholine rings is 1. The molecular weight excluding hydrogens is 194 g/mol. The first-order chi connectivity index (χ1) is 6.17. The van der Waals surface area contributed by atoms with Crippen LogP contribution in [0.15, 0.2) is 0 Å². The molecule has 0 bridgehead atoms. The molecule has 5 nitrogen and oxygen atoms in total. The van der Waals surface area contributed by atoms with Crippen LogP contribution in [0.5, 0.6) is 0 Å². The Morgan fingerprint density at radius 1 is 1.62 bits per heavy atom.